The average molecular weight is 310 g/mol. The van der Waals surface area contributed by atoms with Crippen LogP contribution in [0.25, 0.3) is 0 Å². The van der Waals surface area contributed by atoms with E-state index in [0.717, 1.165) is 15.6 Å². The molecular weight excluding hydrogens is 297 g/mol. The van der Waals surface area contributed by atoms with E-state index in [1.54, 1.807) is 6.07 Å². The summed E-state index contributed by atoms with van der Waals surface area (Å²) in [4.78, 5) is 0. The molecule has 0 aliphatic carbocycles. The Labute approximate surface area is 114 Å². The highest BCUT2D eigenvalue weighted by molar-refractivity contribution is 9.10. The van der Waals surface area contributed by atoms with Crippen molar-refractivity contribution in [3.05, 3.63) is 63.9 Å². The Morgan fingerprint density at radius 3 is 2.61 bits per heavy atom. The van der Waals surface area contributed by atoms with E-state index >= 15 is 0 Å². The van der Waals surface area contributed by atoms with Gasteiger partial charge in [0.2, 0.25) is 0 Å². The van der Waals surface area contributed by atoms with Gasteiger partial charge in [-0.25, -0.2) is 4.39 Å². The smallest absolute Gasteiger partial charge is 0.125 e. The Morgan fingerprint density at radius 1 is 1.11 bits per heavy atom. The number of benzene rings is 2. The number of nitrogens with two attached hydrogens (primary N) is 1. The summed E-state index contributed by atoms with van der Waals surface area (Å²) in [5.41, 5.74) is 7.77. The molecule has 0 fully saturated rings. The molecule has 0 atom stereocenters. The molecule has 0 saturated heterocycles. The Morgan fingerprint density at radius 2 is 1.89 bits per heavy atom. The Balaban J connectivity index is 1.94. The van der Waals surface area contributed by atoms with Crippen molar-refractivity contribution in [2.45, 2.75) is 13.2 Å². The minimum Gasteiger partial charge on any atom is -0.399 e. The SMILES string of the molecule is Nc1cc(F)cc(COCc2ccccc2Br)c1. The first-order chi connectivity index (χ1) is 8.65. The Bertz CT molecular complexity index is 525. The minimum atomic E-state index is -0.338. The van der Waals surface area contributed by atoms with Gasteiger partial charge in [0.15, 0.2) is 0 Å². The van der Waals surface area contributed by atoms with Crippen LogP contribution in [0, 0.1) is 5.82 Å². The van der Waals surface area contributed by atoms with Crippen molar-refractivity contribution >= 4 is 21.6 Å². The molecule has 0 spiro atoms. The van der Waals surface area contributed by atoms with Crippen molar-refractivity contribution in [1.29, 1.82) is 0 Å². The molecule has 2 aromatic carbocycles. The zero-order valence-corrected chi connectivity index (χ0v) is 11.3. The first-order valence-corrected chi connectivity index (χ1v) is 6.30. The maximum atomic E-state index is 13.1. The molecule has 4 heteroatoms. The third-order valence-corrected chi connectivity index (χ3v) is 3.24. The molecule has 94 valence electrons. The topological polar surface area (TPSA) is 35.2 Å². The Kier molecular flexibility index (Phi) is 4.33. The van der Waals surface area contributed by atoms with Gasteiger partial charge < -0.3 is 10.5 Å². The summed E-state index contributed by atoms with van der Waals surface area (Å²) < 4.78 is 19.6. The highest BCUT2D eigenvalue weighted by Crippen LogP contribution is 2.18. The molecule has 18 heavy (non-hydrogen) atoms. The van der Waals surface area contributed by atoms with Gasteiger partial charge in [-0.3, -0.25) is 0 Å². The summed E-state index contributed by atoms with van der Waals surface area (Å²) in [6.45, 7) is 0.807. The number of halogens is 2. The molecular formula is C14H13BrFNO. The van der Waals surface area contributed by atoms with Crippen LogP contribution >= 0.6 is 15.9 Å². The van der Waals surface area contributed by atoms with E-state index in [9.17, 15) is 4.39 Å². The molecule has 0 aliphatic heterocycles. The van der Waals surface area contributed by atoms with Gasteiger partial charge >= 0.3 is 0 Å². The van der Waals surface area contributed by atoms with Crippen LogP contribution in [0.3, 0.4) is 0 Å². The lowest BCUT2D eigenvalue weighted by Crippen LogP contribution is -1.97. The van der Waals surface area contributed by atoms with Gasteiger partial charge in [0, 0.05) is 10.2 Å². The van der Waals surface area contributed by atoms with Crippen LogP contribution < -0.4 is 5.73 Å². The van der Waals surface area contributed by atoms with Gasteiger partial charge in [0.25, 0.3) is 0 Å². The van der Waals surface area contributed by atoms with Gasteiger partial charge in [-0.15, -0.1) is 0 Å². The van der Waals surface area contributed by atoms with Crippen molar-refractivity contribution in [2.24, 2.45) is 0 Å². The van der Waals surface area contributed by atoms with Gasteiger partial charge in [0.05, 0.1) is 13.2 Å². The number of hydrogen-bond donors (Lipinski definition) is 1. The molecule has 0 heterocycles. The molecule has 0 saturated carbocycles. The summed E-state index contributed by atoms with van der Waals surface area (Å²) in [5, 5.41) is 0. The summed E-state index contributed by atoms with van der Waals surface area (Å²) >= 11 is 3.45. The quantitative estimate of drug-likeness (QED) is 0.870. The maximum absolute atomic E-state index is 13.1. The van der Waals surface area contributed by atoms with Gasteiger partial charge in [-0.1, -0.05) is 34.1 Å². The predicted octanol–water partition coefficient (Wildman–Crippen LogP) is 3.89. The van der Waals surface area contributed by atoms with E-state index in [1.165, 1.54) is 12.1 Å². The normalized spacial score (nSPS) is 10.6. The van der Waals surface area contributed by atoms with Crippen LogP contribution in [-0.4, -0.2) is 0 Å². The molecule has 0 radical (unpaired) electrons. The number of hydrogen-bond acceptors (Lipinski definition) is 2. The van der Waals surface area contributed by atoms with E-state index < -0.39 is 0 Å². The second-order valence-corrected chi connectivity index (χ2v) is 4.83. The maximum Gasteiger partial charge on any atom is 0.125 e. The van der Waals surface area contributed by atoms with Crippen LogP contribution in [-0.2, 0) is 18.0 Å². The predicted molar refractivity (Wildman–Crippen MR) is 73.4 cm³/mol. The third kappa shape index (κ3) is 3.55. The summed E-state index contributed by atoms with van der Waals surface area (Å²) in [6, 6.07) is 12.3. The number of rotatable bonds is 4. The van der Waals surface area contributed by atoms with Gasteiger partial charge in [-0.05, 0) is 35.4 Å². The van der Waals surface area contributed by atoms with Crippen LogP contribution in [0.1, 0.15) is 11.1 Å². The second kappa shape index (κ2) is 5.98. The van der Waals surface area contributed by atoms with Crippen molar-refractivity contribution in [2.75, 3.05) is 5.73 Å². The zero-order valence-electron chi connectivity index (χ0n) is 9.70. The largest absolute Gasteiger partial charge is 0.399 e. The highest BCUT2D eigenvalue weighted by atomic mass is 79.9. The fourth-order valence-electron chi connectivity index (χ4n) is 1.65. The molecule has 0 unspecified atom stereocenters. The van der Waals surface area contributed by atoms with E-state index in [4.69, 9.17) is 10.5 Å². The average Bonchev–Trinajstić information content (AvgIpc) is 2.30. The third-order valence-electron chi connectivity index (χ3n) is 2.46. The highest BCUT2D eigenvalue weighted by Gasteiger charge is 2.01. The van der Waals surface area contributed by atoms with Crippen molar-refractivity contribution < 1.29 is 9.13 Å². The zero-order chi connectivity index (χ0) is 13.0. The second-order valence-electron chi connectivity index (χ2n) is 3.98. The molecule has 2 aromatic rings. The Hall–Kier alpha value is -1.39. The van der Waals surface area contributed by atoms with E-state index in [2.05, 4.69) is 15.9 Å². The van der Waals surface area contributed by atoms with Crippen molar-refractivity contribution in [1.82, 2.24) is 0 Å². The van der Waals surface area contributed by atoms with Gasteiger partial charge in [0.1, 0.15) is 5.82 Å². The summed E-state index contributed by atoms with van der Waals surface area (Å²) in [5.74, 6) is -0.338. The molecule has 0 bridgehead atoms. The van der Waals surface area contributed by atoms with Crippen LogP contribution in [0.15, 0.2) is 46.9 Å². The minimum absolute atomic E-state index is 0.337. The van der Waals surface area contributed by atoms with E-state index in [0.29, 0.717) is 18.9 Å². The number of nitrogen functional groups attached to an aromatic ring is 1. The lowest BCUT2D eigenvalue weighted by atomic mass is 10.2. The van der Waals surface area contributed by atoms with Crippen LogP contribution in [0.2, 0.25) is 0 Å². The molecule has 2 rings (SSSR count). The van der Waals surface area contributed by atoms with Crippen molar-refractivity contribution in [3.63, 3.8) is 0 Å². The number of anilines is 1. The van der Waals surface area contributed by atoms with Crippen molar-refractivity contribution in [3.8, 4) is 0 Å². The fraction of sp³-hybridized carbons (Fsp3) is 0.143. The molecule has 0 aliphatic rings. The summed E-state index contributed by atoms with van der Waals surface area (Å²) in [7, 11) is 0. The van der Waals surface area contributed by atoms with E-state index in [-0.39, 0.29) is 5.82 Å². The standard InChI is InChI=1S/C14H13BrFNO/c15-14-4-2-1-3-11(14)9-18-8-10-5-12(16)7-13(17)6-10/h1-7H,8-9,17H2. The molecule has 2 nitrogen and oxygen atoms in total. The first kappa shape index (κ1) is 13.1. The molecule has 0 aromatic heterocycles. The molecule has 0 amide bonds. The van der Waals surface area contributed by atoms with Gasteiger partial charge in [-0.2, -0.15) is 0 Å². The molecule has 2 N–H and O–H groups in total. The lowest BCUT2D eigenvalue weighted by Gasteiger charge is -2.07. The monoisotopic (exact) mass is 309 g/mol. The van der Waals surface area contributed by atoms with Crippen LogP contribution in [0.4, 0.5) is 10.1 Å². The number of ether oxygens (including phenoxy) is 1. The summed E-state index contributed by atoms with van der Waals surface area (Å²) in [6.07, 6.45) is 0. The fourth-order valence-corrected chi connectivity index (χ4v) is 2.05. The lowest BCUT2D eigenvalue weighted by molar-refractivity contribution is 0.106. The van der Waals surface area contributed by atoms with E-state index in [1.807, 2.05) is 24.3 Å². The first-order valence-electron chi connectivity index (χ1n) is 5.51. The van der Waals surface area contributed by atoms with Crippen LogP contribution in [0.5, 0.6) is 0 Å².